The van der Waals surface area contributed by atoms with Crippen molar-refractivity contribution in [2.45, 2.75) is 24.4 Å². The fraction of sp³-hybridized carbons (Fsp3) is 0.188. The fourth-order valence-corrected chi connectivity index (χ4v) is 6.13. The number of β-lactam (4-membered cyclic amide) rings is 1. The van der Waals surface area contributed by atoms with E-state index in [2.05, 4.69) is 10.6 Å². The highest BCUT2D eigenvalue weighted by molar-refractivity contribution is 8.00. The number of aliphatic carboxylic acids is 1. The Morgan fingerprint density at radius 2 is 1.76 bits per heavy atom. The minimum absolute atomic E-state index is 0.172. The van der Waals surface area contributed by atoms with E-state index in [0.29, 0.717) is 16.9 Å². The average molecular weight is 630 g/mol. The smallest absolute Gasteiger partial charge is 0.352 e. The number of ketones is 1. The maximum Gasteiger partial charge on any atom is 0.352 e. The van der Waals surface area contributed by atoms with Gasteiger partial charge in [-0.25, -0.2) is 4.79 Å². The molecule has 45 heavy (non-hydrogen) atoms. The van der Waals surface area contributed by atoms with Crippen LogP contribution in [0, 0.1) is 0 Å². The Balaban J connectivity index is 1.28. The van der Waals surface area contributed by atoms with E-state index in [1.54, 1.807) is 42.5 Å². The summed E-state index contributed by atoms with van der Waals surface area (Å²) in [6, 6.07) is 15.5. The predicted molar refractivity (Wildman–Crippen MR) is 161 cm³/mol. The second kappa shape index (κ2) is 13.5. The van der Waals surface area contributed by atoms with Crippen LogP contribution in [0.15, 0.2) is 94.8 Å². The van der Waals surface area contributed by atoms with Crippen molar-refractivity contribution in [1.82, 2.24) is 15.5 Å². The van der Waals surface area contributed by atoms with E-state index in [0.717, 1.165) is 4.90 Å². The normalized spacial score (nSPS) is 18.1. The van der Waals surface area contributed by atoms with Crippen LogP contribution in [0.1, 0.15) is 45.0 Å². The van der Waals surface area contributed by atoms with Crippen molar-refractivity contribution < 1.29 is 43.0 Å². The maximum absolute atomic E-state index is 13.6. The van der Waals surface area contributed by atoms with Crippen molar-refractivity contribution in [2.75, 3.05) is 12.4 Å². The number of carboxylic acids is 1. The van der Waals surface area contributed by atoms with E-state index in [9.17, 15) is 33.9 Å². The number of allylic oxidation sites excluding steroid dienone is 1. The number of furan rings is 1. The molecule has 1 unspecified atom stereocenters. The first kappa shape index (κ1) is 31.0. The number of hydrogen-bond acceptors (Lipinski definition) is 9. The zero-order valence-electron chi connectivity index (χ0n) is 23.8. The number of amides is 3. The van der Waals surface area contributed by atoms with Crippen molar-refractivity contribution in [3.05, 3.63) is 113 Å². The molecular weight excluding hydrogens is 602 g/mol. The van der Waals surface area contributed by atoms with E-state index in [1.807, 2.05) is 0 Å². The van der Waals surface area contributed by atoms with Crippen LogP contribution in [0.2, 0.25) is 0 Å². The van der Waals surface area contributed by atoms with Gasteiger partial charge in [-0.05, 0) is 42.0 Å². The number of carbonyl (C=O) groups excluding carboxylic acids is 5. The van der Waals surface area contributed by atoms with Crippen LogP contribution >= 0.6 is 11.8 Å². The minimum Gasteiger partial charge on any atom is -0.477 e. The molecule has 230 valence electrons. The number of ether oxygens (including phenoxy) is 1. The van der Waals surface area contributed by atoms with Gasteiger partial charge in [0.25, 0.3) is 11.8 Å². The SMILES string of the molecule is CC(=O)OCC1=C(C(=O)O)N2C(=O)[C@@H](NC(=O)C(NC(=O)c3ccc(C(=O)C=Cc4ccco4)cc3)c3ccccc3)[C@H]2SC1. The molecule has 3 heterocycles. The van der Waals surface area contributed by atoms with Crippen molar-refractivity contribution in [3.63, 3.8) is 0 Å². The largest absolute Gasteiger partial charge is 0.477 e. The average Bonchev–Trinajstić information content (AvgIpc) is 3.57. The van der Waals surface area contributed by atoms with E-state index >= 15 is 0 Å². The highest BCUT2D eigenvalue weighted by Gasteiger charge is 2.54. The third-order valence-corrected chi connectivity index (χ3v) is 8.38. The molecule has 13 heteroatoms. The molecule has 1 aromatic heterocycles. The number of carboxylic acid groups (broad SMARTS) is 1. The monoisotopic (exact) mass is 629 g/mol. The Morgan fingerprint density at radius 3 is 2.40 bits per heavy atom. The topological polar surface area (TPSA) is 172 Å². The first-order valence-corrected chi connectivity index (χ1v) is 14.7. The number of hydrogen-bond donors (Lipinski definition) is 3. The summed E-state index contributed by atoms with van der Waals surface area (Å²) in [5.74, 6) is -3.44. The Morgan fingerprint density at radius 1 is 1.04 bits per heavy atom. The molecule has 12 nitrogen and oxygen atoms in total. The van der Waals surface area contributed by atoms with E-state index in [-0.39, 0.29) is 35.0 Å². The molecule has 1 saturated heterocycles. The number of esters is 1. The summed E-state index contributed by atoms with van der Waals surface area (Å²) in [4.78, 5) is 76.7. The van der Waals surface area contributed by atoms with E-state index < -0.39 is 47.1 Å². The lowest BCUT2D eigenvalue weighted by Gasteiger charge is -2.49. The van der Waals surface area contributed by atoms with Gasteiger partial charge in [-0.3, -0.25) is 28.9 Å². The van der Waals surface area contributed by atoms with Crippen molar-refractivity contribution in [3.8, 4) is 0 Å². The first-order chi connectivity index (χ1) is 21.6. The number of nitrogens with zero attached hydrogens (tertiary/aromatic N) is 1. The van der Waals surface area contributed by atoms with Crippen LogP contribution in [0.25, 0.3) is 6.08 Å². The summed E-state index contributed by atoms with van der Waals surface area (Å²) in [6.07, 6.45) is 4.38. The van der Waals surface area contributed by atoms with Gasteiger partial charge in [0.15, 0.2) is 5.78 Å². The quantitative estimate of drug-likeness (QED) is 0.124. The maximum atomic E-state index is 13.6. The van der Waals surface area contributed by atoms with Crippen LogP contribution < -0.4 is 10.6 Å². The van der Waals surface area contributed by atoms with Gasteiger partial charge in [-0.2, -0.15) is 0 Å². The molecular formula is C32H27N3O9S. The third-order valence-electron chi connectivity index (χ3n) is 7.04. The molecule has 0 saturated carbocycles. The third kappa shape index (κ3) is 6.88. The molecule has 2 aliphatic rings. The van der Waals surface area contributed by atoms with Crippen LogP contribution in [-0.2, 0) is 23.9 Å². The zero-order chi connectivity index (χ0) is 32.1. The molecule has 3 aromatic rings. The van der Waals surface area contributed by atoms with Gasteiger partial charge < -0.3 is 24.9 Å². The number of fused-ring (bicyclic) bond motifs is 1. The number of carbonyl (C=O) groups is 6. The minimum atomic E-state index is -1.35. The van der Waals surface area contributed by atoms with Crippen LogP contribution in [0.4, 0.5) is 0 Å². The Labute approximate surface area is 261 Å². The lowest BCUT2D eigenvalue weighted by molar-refractivity contribution is -0.151. The summed E-state index contributed by atoms with van der Waals surface area (Å²) in [5.41, 5.74) is 0.985. The Kier molecular flexibility index (Phi) is 9.28. The molecule has 5 rings (SSSR count). The van der Waals surface area contributed by atoms with Gasteiger partial charge in [0.2, 0.25) is 5.91 Å². The fourth-order valence-electron chi connectivity index (χ4n) is 4.81. The zero-order valence-corrected chi connectivity index (χ0v) is 24.6. The highest BCUT2D eigenvalue weighted by Crippen LogP contribution is 2.40. The van der Waals surface area contributed by atoms with Gasteiger partial charge >= 0.3 is 11.9 Å². The summed E-state index contributed by atoms with van der Waals surface area (Å²) in [6.45, 7) is 0.928. The molecule has 1 fully saturated rings. The number of benzene rings is 2. The number of nitrogens with one attached hydrogen (secondary N) is 2. The standard InChI is InChI=1S/C32H27N3O9S/c1-18(36)44-16-22-17-45-31-26(30(40)35(31)27(22)32(41)42)34-29(39)25(20-6-3-2-4-7-20)33-28(38)21-11-9-19(10-12-21)24(37)14-13-23-8-5-15-43-23/h2-15,25-26,31H,16-17H2,1H3,(H,33,38)(H,34,39)(H,41,42)/t25?,26-,31-/m1/s1. The van der Waals surface area contributed by atoms with E-state index in [4.69, 9.17) is 9.15 Å². The molecule has 0 spiro atoms. The summed E-state index contributed by atoms with van der Waals surface area (Å²) >= 11 is 1.23. The molecule has 2 aliphatic heterocycles. The molecule has 2 aromatic carbocycles. The Hall–Kier alpha value is -5.43. The molecule has 0 aliphatic carbocycles. The molecule has 3 atom stereocenters. The molecule has 3 amide bonds. The van der Waals surface area contributed by atoms with Crippen molar-refractivity contribution in [2.24, 2.45) is 0 Å². The Bertz CT molecular complexity index is 1700. The molecule has 0 bridgehead atoms. The van der Waals surface area contributed by atoms with Crippen LogP contribution in [0.5, 0.6) is 0 Å². The van der Waals surface area contributed by atoms with Crippen LogP contribution in [0.3, 0.4) is 0 Å². The van der Waals surface area contributed by atoms with Crippen molar-refractivity contribution >= 4 is 53.3 Å². The summed E-state index contributed by atoms with van der Waals surface area (Å²) in [5, 5.41) is 14.4. The molecule has 3 N–H and O–H groups in total. The molecule has 0 radical (unpaired) electrons. The predicted octanol–water partition coefficient (Wildman–Crippen LogP) is 2.95. The van der Waals surface area contributed by atoms with Gasteiger partial charge in [0.1, 0.15) is 35.5 Å². The van der Waals surface area contributed by atoms with Gasteiger partial charge in [0.05, 0.1) is 6.26 Å². The van der Waals surface area contributed by atoms with Gasteiger partial charge in [-0.1, -0.05) is 42.5 Å². The second-order valence-corrected chi connectivity index (χ2v) is 11.1. The van der Waals surface area contributed by atoms with Crippen molar-refractivity contribution in [1.29, 1.82) is 0 Å². The van der Waals surface area contributed by atoms with Crippen LogP contribution in [-0.4, -0.2) is 69.2 Å². The lowest BCUT2D eigenvalue weighted by Crippen LogP contribution is -2.71. The van der Waals surface area contributed by atoms with E-state index in [1.165, 1.54) is 61.4 Å². The van der Waals surface area contributed by atoms with Gasteiger partial charge in [0, 0.05) is 29.4 Å². The summed E-state index contributed by atoms with van der Waals surface area (Å²) in [7, 11) is 0. The second-order valence-electron chi connectivity index (χ2n) is 10.0. The highest BCUT2D eigenvalue weighted by atomic mass is 32.2. The summed E-state index contributed by atoms with van der Waals surface area (Å²) < 4.78 is 10.1. The lowest BCUT2D eigenvalue weighted by atomic mass is 10.0. The number of thioether (sulfide) groups is 1. The first-order valence-electron chi connectivity index (χ1n) is 13.7. The van der Waals surface area contributed by atoms with Gasteiger partial charge in [-0.15, -0.1) is 11.8 Å². The number of rotatable bonds is 11.